The molecule has 7 heteroatoms. The smallest absolute Gasteiger partial charge is 0.247 e. The highest BCUT2D eigenvalue weighted by Crippen LogP contribution is 2.34. The van der Waals surface area contributed by atoms with Crippen molar-refractivity contribution in [3.63, 3.8) is 0 Å². The molecule has 2 amide bonds. The Balaban J connectivity index is 1.23. The first-order chi connectivity index (χ1) is 15.7. The molecule has 0 aliphatic carbocycles. The van der Waals surface area contributed by atoms with E-state index in [1.165, 1.54) is 0 Å². The molecule has 2 aliphatic heterocycles. The quantitative estimate of drug-likeness (QED) is 0.630. The number of ether oxygens (including phenoxy) is 3. The van der Waals surface area contributed by atoms with Gasteiger partial charge in [-0.3, -0.25) is 9.59 Å². The highest BCUT2D eigenvalue weighted by Gasteiger charge is 2.36. The molecule has 0 bridgehead atoms. The molecule has 3 aromatic carbocycles. The Morgan fingerprint density at radius 2 is 1.72 bits per heavy atom. The van der Waals surface area contributed by atoms with Crippen LogP contribution in [0.4, 0.5) is 5.69 Å². The van der Waals surface area contributed by atoms with Crippen molar-refractivity contribution in [2.45, 2.75) is 25.4 Å². The fraction of sp³-hybridized carbons (Fsp3) is 0.200. The van der Waals surface area contributed by atoms with Crippen LogP contribution in [0.3, 0.4) is 0 Å². The number of hydrogen-bond acceptors (Lipinski definition) is 5. The Morgan fingerprint density at radius 3 is 2.53 bits per heavy atom. The largest absolute Gasteiger partial charge is 0.457 e. The minimum absolute atomic E-state index is 0.0329. The van der Waals surface area contributed by atoms with E-state index in [-0.39, 0.29) is 18.6 Å². The molecule has 3 aromatic rings. The summed E-state index contributed by atoms with van der Waals surface area (Å²) in [7, 11) is 0. The second-order valence-corrected chi connectivity index (χ2v) is 7.69. The van der Waals surface area contributed by atoms with Crippen LogP contribution in [0.2, 0.25) is 0 Å². The lowest BCUT2D eigenvalue weighted by molar-refractivity contribution is -0.133. The van der Waals surface area contributed by atoms with Gasteiger partial charge in [-0.05, 0) is 60.5 Å². The molecule has 7 nitrogen and oxygen atoms in total. The van der Waals surface area contributed by atoms with Gasteiger partial charge in [-0.1, -0.05) is 24.3 Å². The first kappa shape index (κ1) is 19.9. The summed E-state index contributed by atoms with van der Waals surface area (Å²) in [6.45, 7) is 0.541. The lowest BCUT2D eigenvalue weighted by Crippen LogP contribution is -2.41. The zero-order valence-corrected chi connectivity index (χ0v) is 17.3. The Bertz CT molecular complexity index is 1130. The topological polar surface area (TPSA) is 77.1 Å². The molecule has 0 aromatic heterocycles. The number of nitrogens with one attached hydrogen (secondary N) is 1. The standard InChI is InChI=1S/C25H22N2O5/c28-24-13-11-21(27(24)15-17-6-12-22-23(14-17)31-16-30-22)25(29)26-18-7-9-20(10-8-18)32-19-4-2-1-3-5-19/h1-10,12,14,21H,11,13,15-16H2,(H,26,29). The number of fused-ring (bicyclic) bond motifs is 1. The summed E-state index contributed by atoms with van der Waals surface area (Å²) in [4.78, 5) is 27.0. The van der Waals surface area contributed by atoms with Crippen LogP contribution in [0.1, 0.15) is 18.4 Å². The van der Waals surface area contributed by atoms with Crippen LogP contribution in [0.5, 0.6) is 23.0 Å². The molecule has 162 valence electrons. The molecule has 1 atom stereocenters. The predicted molar refractivity (Wildman–Crippen MR) is 118 cm³/mol. The van der Waals surface area contributed by atoms with E-state index in [4.69, 9.17) is 14.2 Å². The normalized spacial score (nSPS) is 16.8. The fourth-order valence-electron chi connectivity index (χ4n) is 3.90. The molecule has 2 aliphatic rings. The van der Waals surface area contributed by atoms with Crippen molar-refractivity contribution >= 4 is 17.5 Å². The molecule has 1 N–H and O–H groups in total. The van der Waals surface area contributed by atoms with Crippen molar-refractivity contribution in [2.75, 3.05) is 12.1 Å². The van der Waals surface area contributed by atoms with Crippen molar-refractivity contribution in [2.24, 2.45) is 0 Å². The van der Waals surface area contributed by atoms with Gasteiger partial charge in [-0.15, -0.1) is 0 Å². The fourth-order valence-corrected chi connectivity index (χ4v) is 3.90. The highest BCUT2D eigenvalue weighted by molar-refractivity contribution is 5.99. The van der Waals surface area contributed by atoms with Crippen LogP contribution in [0.25, 0.3) is 0 Å². The average Bonchev–Trinajstić information content (AvgIpc) is 3.42. The van der Waals surface area contributed by atoms with E-state index in [9.17, 15) is 9.59 Å². The third-order valence-electron chi connectivity index (χ3n) is 5.52. The highest BCUT2D eigenvalue weighted by atomic mass is 16.7. The SMILES string of the molecule is O=C(Nc1ccc(Oc2ccccc2)cc1)C1CCC(=O)N1Cc1ccc2c(c1)OCO2. The molecular formula is C25H22N2O5. The Kier molecular flexibility index (Phi) is 5.37. The Labute approximate surface area is 185 Å². The molecular weight excluding hydrogens is 408 g/mol. The van der Waals surface area contributed by atoms with Gasteiger partial charge in [0.15, 0.2) is 11.5 Å². The van der Waals surface area contributed by atoms with Gasteiger partial charge in [-0.2, -0.15) is 0 Å². The van der Waals surface area contributed by atoms with Gasteiger partial charge in [0.2, 0.25) is 18.6 Å². The van der Waals surface area contributed by atoms with Crippen LogP contribution in [-0.2, 0) is 16.1 Å². The summed E-state index contributed by atoms with van der Waals surface area (Å²) >= 11 is 0. The summed E-state index contributed by atoms with van der Waals surface area (Å²) in [6.07, 6.45) is 0.844. The number of likely N-dealkylation sites (tertiary alicyclic amines) is 1. The van der Waals surface area contributed by atoms with E-state index in [2.05, 4.69) is 5.32 Å². The lowest BCUT2D eigenvalue weighted by Gasteiger charge is -2.24. The minimum atomic E-state index is -0.520. The molecule has 0 saturated carbocycles. The summed E-state index contributed by atoms with van der Waals surface area (Å²) in [6, 6.07) is 21.7. The summed E-state index contributed by atoms with van der Waals surface area (Å²) in [5, 5.41) is 2.92. The number of benzene rings is 3. The van der Waals surface area contributed by atoms with Gasteiger partial charge >= 0.3 is 0 Å². The van der Waals surface area contributed by atoms with Gasteiger partial charge in [-0.25, -0.2) is 0 Å². The second kappa shape index (κ2) is 8.63. The molecule has 0 radical (unpaired) electrons. The van der Waals surface area contributed by atoms with Crippen molar-refractivity contribution in [3.05, 3.63) is 78.4 Å². The maximum Gasteiger partial charge on any atom is 0.247 e. The van der Waals surface area contributed by atoms with E-state index >= 15 is 0 Å². The molecule has 1 fully saturated rings. The van der Waals surface area contributed by atoms with Crippen LogP contribution in [0.15, 0.2) is 72.8 Å². The summed E-state index contributed by atoms with van der Waals surface area (Å²) in [5.74, 6) is 2.54. The number of hydrogen-bond donors (Lipinski definition) is 1. The van der Waals surface area contributed by atoms with Crippen molar-refractivity contribution in [1.82, 2.24) is 4.90 Å². The zero-order chi connectivity index (χ0) is 21.9. The maximum atomic E-state index is 12.9. The van der Waals surface area contributed by atoms with Crippen LogP contribution in [-0.4, -0.2) is 29.5 Å². The van der Waals surface area contributed by atoms with E-state index in [1.54, 1.807) is 29.2 Å². The van der Waals surface area contributed by atoms with Gasteiger partial charge in [0.05, 0.1) is 0 Å². The van der Waals surface area contributed by atoms with Crippen molar-refractivity contribution < 1.29 is 23.8 Å². The van der Waals surface area contributed by atoms with E-state index in [0.717, 1.165) is 11.3 Å². The minimum Gasteiger partial charge on any atom is -0.457 e. The number of amides is 2. The lowest BCUT2D eigenvalue weighted by atomic mass is 10.1. The zero-order valence-electron chi connectivity index (χ0n) is 17.3. The number of nitrogens with zero attached hydrogens (tertiary/aromatic N) is 1. The molecule has 2 heterocycles. The Hall–Kier alpha value is -4.00. The first-order valence-electron chi connectivity index (χ1n) is 10.5. The third kappa shape index (κ3) is 4.23. The van der Waals surface area contributed by atoms with Gasteiger partial charge < -0.3 is 24.4 Å². The first-order valence-corrected chi connectivity index (χ1v) is 10.5. The average molecular weight is 430 g/mol. The molecule has 1 saturated heterocycles. The van der Waals surface area contributed by atoms with Crippen LogP contribution < -0.4 is 19.5 Å². The van der Waals surface area contributed by atoms with E-state index in [1.807, 2.05) is 48.5 Å². The van der Waals surface area contributed by atoms with Crippen molar-refractivity contribution in [1.29, 1.82) is 0 Å². The monoisotopic (exact) mass is 430 g/mol. The number of anilines is 1. The van der Waals surface area contributed by atoms with Crippen molar-refractivity contribution in [3.8, 4) is 23.0 Å². The van der Waals surface area contributed by atoms with Gasteiger partial charge in [0.1, 0.15) is 17.5 Å². The summed E-state index contributed by atoms with van der Waals surface area (Å²) in [5.41, 5.74) is 1.54. The Morgan fingerprint density at radius 1 is 0.969 bits per heavy atom. The second-order valence-electron chi connectivity index (χ2n) is 7.69. The van der Waals surface area contributed by atoms with Gasteiger partial charge in [0.25, 0.3) is 0 Å². The third-order valence-corrected chi connectivity index (χ3v) is 5.52. The van der Waals surface area contributed by atoms with Crippen LogP contribution in [0, 0.1) is 0 Å². The number of carbonyl (C=O) groups excluding carboxylic acids is 2. The summed E-state index contributed by atoms with van der Waals surface area (Å²) < 4.78 is 16.5. The van der Waals surface area contributed by atoms with Gasteiger partial charge in [0, 0.05) is 18.7 Å². The molecule has 0 spiro atoms. The van der Waals surface area contributed by atoms with Crippen LogP contribution >= 0.6 is 0 Å². The number of para-hydroxylation sites is 1. The maximum absolute atomic E-state index is 12.9. The number of carbonyl (C=O) groups is 2. The molecule has 5 rings (SSSR count). The van der Waals surface area contributed by atoms with E-state index < -0.39 is 6.04 Å². The molecule has 32 heavy (non-hydrogen) atoms. The van der Waals surface area contributed by atoms with E-state index in [0.29, 0.717) is 42.3 Å². The number of rotatable bonds is 6. The predicted octanol–water partition coefficient (Wildman–Crippen LogP) is 4.34. The molecule has 1 unspecified atom stereocenters.